The van der Waals surface area contributed by atoms with Gasteiger partial charge in [0.25, 0.3) is 0 Å². The van der Waals surface area contributed by atoms with Gasteiger partial charge in [0.2, 0.25) is 45.1 Å². The quantitative estimate of drug-likeness (QED) is 0.0197. The number of carbonyl (C=O) groups excluding carboxylic acids is 3. The third-order valence-electron chi connectivity index (χ3n) is 6.29. The van der Waals surface area contributed by atoms with Crippen molar-refractivity contribution in [3.05, 3.63) is 63.8 Å². The van der Waals surface area contributed by atoms with Crippen LogP contribution in [0.25, 0.3) is 10.1 Å². The highest BCUT2D eigenvalue weighted by Gasteiger charge is 2.55. The summed E-state index contributed by atoms with van der Waals surface area (Å²) in [7, 11) is -2.56. The smallest absolute Gasteiger partial charge is 0.404 e. The molecule has 1 heterocycles. The van der Waals surface area contributed by atoms with Gasteiger partial charge in [0.1, 0.15) is 18.1 Å². The molecular formula is C30H30F7O11PS3. The lowest BCUT2D eigenvalue weighted by atomic mass is 10.1. The third kappa shape index (κ3) is 11.7. The molecule has 0 unspecified atom stereocenters. The normalized spacial score (nSPS) is 12.1. The Morgan fingerprint density at radius 2 is 1.23 bits per heavy atom. The molecule has 1 aromatic heterocycles. The van der Waals surface area contributed by atoms with E-state index in [0.29, 0.717) is 34.9 Å². The average Bonchev–Trinajstić information content (AvgIpc) is 3.56. The Balaban J connectivity index is 1.78. The van der Waals surface area contributed by atoms with Gasteiger partial charge in [-0.25, -0.2) is 18.0 Å². The minimum absolute atomic E-state index is 0.0951. The number of alkyl halides is 2. The van der Waals surface area contributed by atoms with E-state index in [1.807, 2.05) is 0 Å². The maximum absolute atomic E-state index is 16.0. The number of esters is 1. The number of hydrogen-bond acceptors (Lipinski definition) is 14. The number of hydrogen-bond donors (Lipinski definition) is 0. The van der Waals surface area contributed by atoms with E-state index in [-0.39, 0.29) is 61.2 Å². The van der Waals surface area contributed by atoms with Gasteiger partial charge >= 0.3 is 19.2 Å². The number of rotatable bonds is 22. The summed E-state index contributed by atoms with van der Waals surface area (Å²) in [6, 6.07) is 3.67. The van der Waals surface area contributed by atoms with Crippen LogP contribution in [0.15, 0.2) is 24.3 Å². The maximum atomic E-state index is 16.0. The number of benzene rings is 2. The van der Waals surface area contributed by atoms with Gasteiger partial charge in [0, 0.05) is 36.0 Å². The van der Waals surface area contributed by atoms with Gasteiger partial charge in [0.05, 0.1) is 39.6 Å². The van der Waals surface area contributed by atoms with Gasteiger partial charge in [0.15, 0.2) is 0 Å². The zero-order valence-electron chi connectivity index (χ0n) is 27.2. The van der Waals surface area contributed by atoms with Crippen LogP contribution in [0.4, 0.5) is 30.7 Å². The van der Waals surface area contributed by atoms with Crippen LogP contribution in [0.1, 0.15) is 15.2 Å². The lowest BCUT2D eigenvalue weighted by molar-refractivity contribution is -0.116. The van der Waals surface area contributed by atoms with E-state index < -0.39 is 87.9 Å². The third-order valence-corrected chi connectivity index (χ3v) is 11.0. The first kappa shape index (κ1) is 43.8. The predicted octanol–water partition coefficient (Wildman–Crippen LogP) is 6.94. The molecule has 0 atom stereocenters. The second-order valence-corrected chi connectivity index (χ2v) is 15.3. The summed E-state index contributed by atoms with van der Waals surface area (Å²) in [5.41, 5.74) is -5.29. The number of methoxy groups -OCH3 is 2. The van der Waals surface area contributed by atoms with E-state index in [1.165, 1.54) is 14.2 Å². The molecule has 0 amide bonds. The van der Waals surface area contributed by atoms with Crippen molar-refractivity contribution in [1.82, 2.24) is 0 Å². The highest BCUT2D eigenvalue weighted by Crippen LogP contribution is 2.67. The Bertz CT molecular complexity index is 1700. The zero-order valence-corrected chi connectivity index (χ0v) is 30.5. The Labute approximate surface area is 304 Å². The topological polar surface area (TPSA) is 133 Å². The summed E-state index contributed by atoms with van der Waals surface area (Å²) in [6.45, 7) is -1.16. The van der Waals surface area contributed by atoms with Crippen LogP contribution in [-0.2, 0) is 47.8 Å². The molecular weight excluding hydrogens is 796 g/mol. The van der Waals surface area contributed by atoms with E-state index in [0.717, 1.165) is 24.3 Å². The highest BCUT2D eigenvalue weighted by molar-refractivity contribution is 8.14. The van der Waals surface area contributed by atoms with Crippen molar-refractivity contribution in [3.8, 4) is 5.75 Å². The Morgan fingerprint density at radius 3 is 1.73 bits per heavy atom. The van der Waals surface area contributed by atoms with E-state index >= 15 is 8.78 Å². The summed E-state index contributed by atoms with van der Waals surface area (Å²) >= 11 is 1.90. The SMILES string of the molecule is COCCOCC(=O)SCCOP(=O)(OCCSC(=O)COCCOC)C(F)(F)c1ccc2sc(C(=O)Oc3c(F)c(F)c(F)c(F)c3F)cc2c1. The van der Waals surface area contributed by atoms with Crippen molar-refractivity contribution in [3.63, 3.8) is 0 Å². The molecule has 3 rings (SSSR count). The van der Waals surface area contributed by atoms with Crippen molar-refractivity contribution in [1.29, 1.82) is 0 Å². The molecule has 0 aliphatic carbocycles. The number of fused-ring (bicyclic) bond motifs is 1. The fourth-order valence-corrected chi connectivity index (χ4v) is 7.62. The fourth-order valence-electron chi connectivity index (χ4n) is 3.81. The van der Waals surface area contributed by atoms with E-state index in [1.54, 1.807) is 0 Å². The minimum Gasteiger partial charge on any atom is -0.416 e. The van der Waals surface area contributed by atoms with Crippen molar-refractivity contribution >= 4 is 68.7 Å². The van der Waals surface area contributed by atoms with E-state index in [2.05, 4.69) is 4.74 Å². The first-order valence-electron chi connectivity index (χ1n) is 14.7. The van der Waals surface area contributed by atoms with Crippen molar-refractivity contribution in [2.75, 3.05) is 78.6 Å². The Kier molecular flexibility index (Phi) is 17.5. The van der Waals surface area contributed by atoms with Crippen LogP contribution in [-0.4, -0.2) is 94.8 Å². The standard InChI is InChI=1S/C30H30F7O11PS3/c1-42-5-7-44-15-21(38)50-11-9-46-49(41,47-10-12-51-22(39)16-45-8-6-43-2)30(36,37)18-3-4-19-17(13-18)14-20(52-19)29(40)48-28-26(34)24(32)23(31)25(33)27(28)35/h3-4,13-14H,5-12,15-16H2,1-2H3. The number of thioether (sulfide) groups is 2. The van der Waals surface area contributed by atoms with Crippen LogP contribution >= 0.6 is 42.5 Å². The van der Waals surface area contributed by atoms with Gasteiger partial charge in [-0.15, -0.1) is 11.3 Å². The molecule has 2 aromatic carbocycles. The summed E-state index contributed by atoms with van der Waals surface area (Å²) in [6.07, 6.45) is 0. The molecule has 0 spiro atoms. The van der Waals surface area contributed by atoms with Gasteiger partial charge < -0.3 is 32.7 Å². The summed E-state index contributed by atoms with van der Waals surface area (Å²) in [4.78, 5) is 36.2. The molecule has 288 valence electrons. The second-order valence-electron chi connectivity index (χ2n) is 9.89. The average molecular weight is 827 g/mol. The fraction of sp³-hybridized carbons (Fsp3) is 0.433. The largest absolute Gasteiger partial charge is 0.416 e. The Morgan fingerprint density at radius 1 is 0.731 bits per heavy atom. The van der Waals surface area contributed by atoms with E-state index in [4.69, 9.17) is 28.0 Å². The molecule has 0 saturated carbocycles. The monoisotopic (exact) mass is 826 g/mol. The van der Waals surface area contributed by atoms with Crippen LogP contribution < -0.4 is 4.74 Å². The van der Waals surface area contributed by atoms with Crippen LogP contribution in [0.5, 0.6) is 5.75 Å². The summed E-state index contributed by atoms with van der Waals surface area (Å²) < 4.78 is 149. The highest BCUT2D eigenvalue weighted by atomic mass is 32.2. The van der Waals surface area contributed by atoms with Crippen molar-refractivity contribution in [2.24, 2.45) is 0 Å². The molecule has 0 N–H and O–H groups in total. The van der Waals surface area contributed by atoms with Crippen molar-refractivity contribution < 1.29 is 82.4 Å². The molecule has 52 heavy (non-hydrogen) atoms. The Hall–Kier alpha value is -2.59. The molecule has 22 heteroatoms. The van der Waals surface area contributed by atoms with Gasteiger partial charge in [-0.05, 0) is 23.6 Å². The molecule has 0 fully saturated rings. The number of carbonyl (C=O) groups is 3. The molecule has 11 nitrogen and oxygen atoms in total. The van der Waals surface area contributed by atoms with E-state index in [9.17, 15) is 40.9 Å². The van der Waals surface area contributed by atoms with Gasteiger partial charge in [-0.2, -0.15) is 17.6 Å². The van der Waals surface area contributed by atoms with Crippen LogP contribution in [0.3, 0.4) is 0 Å². The van der Waals surface area contributed by atoms with Crippen molar-refractivity contribution in [2.45, 2.75) is 5.66 Å². The molecule has 3 aromatic rings. The lowest BCUT2D eigenvalue weighted by Crippen LogP contribution is -2.20. The molecule has 0 saturated heterocycles. The molecule has 0 aliphatic rings. The molecule has 0 radical (unpaired) electrons. The molecule has 0 aliphatic heterocycles. The lowest BCUT2D eigenvalue weighted by Gasteiger charge is -2.26. The first-order chi connectivity index (χ1) is 24.7. The predicted molar refractivity (Wildman–Crippen MR) is 177 cm³/mol. The van der Waals surface area contributed by atoms with Crippen LogP contribution in [0.2, 0.25) is 0 Å². The number of thiophene rings is 1. The number of ether oxygens (including phenoxy) is 5. The van der Waals surface area contributed by atoms with Gasteiger partial charge in [-0.3, -0.25) is 14.2 Å². The zero-order chi connectivity index (χ0) is 38.5. The maximum Gasteiger partial charge on any atom is 0.404 e. The second kappa shape index (κ2) is 20.8. The number of halogens is 7. The van der Waals surface area contributed by atoms with Crippen LogP contribution in [0, 0.1) is 29.1 Å². The molecule has 0 bridgehead atoms. The summed E-state index contributed by atoms with van der Waals surface area (Å²) in [5.74, 6) is -15.9. The van der Waals surface area contributed by atoms with Gasteiger partial charge in [-0.1, -0.05) is 29.6 Å². The first-order valence-corrected chi connectivity index (χ1v) is 19.0. The summed E-state index contributed by atoms with van der Waals surface area (Å²) in [5, 5.41) is -1.04. The minimum atomic E-state index is -5.44.